The molecule has 0 saturated carbocycles. The van der Waals surface area contributed by atoms with Crippen LogP contribution in [0.15, 0.2) is 29.3 Å². The summed E-state index contributed by atoms with van der Waals surface area (Å²) < 4.78 is 11.0. The lowest BCUT2D eigenvalue weighted by atomic mass is 10.1. The number of rotatable bonds is 9. The van der Waals surface area contributed by atoms with E-state index in [4.69, 9.17) is 9.47 Å². The number of amides is 1. The summed E-state index contributed by atoms with van der Waals surface area (Å²) in [5, 5.41) is 3.46. The fraction of sp³-hybridized carbons (Fsp3) is 0.636. The Morgan fingerprint density at radius 1 is 1.27 bits per heavy atom. The van der Waals surface area contributed by atoms with E-state index in [2.05, 4.69) is 21.3 Å². The Hall–Kier alpha value is -1.39. The molecule has 1 aliphatic heterocycles. The molecule has 1 heterocycles. The van der Waals surface area contributed by atoms with Crippen LogP contribution in [0.4, 0.5) is 0 Å². The number of methoxy groups -OCH3 is 1. The third-order valence-corrected chi connectivity index (χ3v) is 5.08. The molecule has 1 aromatic carbocycles. The highest BCUT2D eigenvalue weighted by atomic mass is 127. The SMILES string of the molecule is CN=C(NCCc1cccc(C(=O)N(C)C)c1)N1CCC(OCCCOC)CC1.I. The third-order valence-electron chi connectivity index (χ3n) is 5.08. The van der Waals surface area contributed by atoms with Gasteiger partial charge in [-0.25, -0.2) is 0 Å². The van der Waals surface area contributed by atoms with Gasteiger partial charge in [-0.15, -0.1) is 24.0 Å². The molecule has 8 heteroatoms. The van der Waals surface area contributed by atoms with E-state index in [0.29, 0.717) is 6.10 Å². The van der Waals surface area contributed by atoms with Crippen molar-refractivity contribution in [3.05, 3.63) is 35.4 Å². The van der Waals surface area contributed by atoms with Gasteiger partial charge in [0.15, 0.2) is 5.96 Å². The predicted molar refractivity (Wildman–Crippen MR) is 132 cm³/mol. The Morgan fingerprint density at radius 2 is 2.00 bits per heavy atom. The van der Waals surface area contributed by atoms with E-state index in [1.165, 1.54) is 0 Å². The van der Waals surface area contributed by atoms with E-state index in [1.54, 1.807) is 26.1 Å². The summed E-state index contributed by atoms with van der Waals surface area (Å²) in [7, 11) is 7.09. The van der Waals surface area contributed by atoms with E-state index in [1.807, 2.05) is 25.2 Å². The minimum atomic E-state index is 0. The fourth-order valence-corrected chi connectivity index (χ4v) is 3.46. The van der Waals surface area contributed by atoms with Crippen LogP contribution in [0, 0.1) is 0 Å². The lowest BCUT2D eigenvalue weighted by Gasteiger charge is -2.34. The molecule has 1 amide bonds. The molecule has 7 nitrogen and oxygen atoms in total. The van der Waals surface area contributed by atoms with Crippen LogP contribution < -0.4 is 5.32 Å². The maximum absolute atomic E-state index is 12.1. The molecular weight excluding hydrogens is 495 g/mol. The first-order valence-electron chi connectivity index (χ1n) is 10.4. The van der Waals surface area contributed by atoms with E-state index < -0.39 is 0 Å². The number of likely N-dealkylation sites (tertiary alicyclic amines) is 1. The molecule has 1 fully saturated rings. The molecule has 0 spiro atoms. The van der Waals surface area contributed by atoms with E-state index in [9.17, 15) is 4.79 Å². The van der Waals surface area contributed by atoms with E-state index in [-0.39, 0.29) is 29.9 Å². The Balaban J connectivity index is 0.00000450. The van der Waals surface area contributed by atoms with Crippen molar-refractivity contribution in [3.63, 3.8) is 0 Å². The molecule has 0 aromatic heterocycles. The van der Waals surface area contributed by atoms with Crippen molar-refractivity contribution in [2.24, 2.45) is 4.99 Å². The summed E-state index contributed by atoms with van der Waals surface area (Å²) in [5.41, 5.74) is 1.87. The number of piperidine rings is 1. The van der Waals surface area contributed by atoms with E-state index in [0.717, 1.165) is 75.6 Å². The number of carbonyl (C=O) groups excluding carboxylic acids is 1. The summed E-state index contributed by atoms with van der Waals surface area (Å²) in [6.45, 7) is 4.19. The van der Waals surface area contributed by atoms with Crippen LogP contribution in [-0.2, 0) is 15.9 Å². The summed E-state index contributed by atoms with van der Waals surface area (Å²) in [5.74, 6) is 0.964. The van der Waals surface area contributed by atoms with Gasteiger partial charge in [0.25, 0.3) is 5.91 Å². The summed E-state index contributed by atoms with van der Waals surface area (Å²) in [4.78, 5) is 20.5. The average Bonchev–Trinajstić information content (AvgIpc) is 2.74. The zero-order valence-corrected chi connectivity index (χ0v) is 21.1. The number of halogens is 1. The summed E-state index contributed by atoms with van der Waals surface area (Å²) in [6.07, 6.45) is 4.15. The highest BCUT2D eigenvalue weighted by molar-refractivity contribution is 14.0. The molecule has 0 radical (unpaired) electrons. The van der Waals surface area contributed by atoms with E-state index >= 15 is 0 Å². The number of nitrogens with one attached hydrogen (secondary N) is 1. The predicted octanol–water partition coefficient (Wildman–Crippen LogP) is 2.64. The fourth-order valence-electron chi connectivity index (χ4n) is 3.46. The molecule has 170 valence electrons. The highest BCUT2D eigenvalue weighted by Gasteiger charge is 2.21. The monoisotopic (exact) mass is 532 g/mol. The zero-order chi connectivity index (χ0) is 21.1. The number of carbonyl (C=O) groups is 1. The van der Waals surface area contributed by atoms with Gasteiger partial charge in [-0.3, -0.25) is 9.79 Å². The smallest absolute Gasteiger partial charge is 0.253 e. The van der Waals surface area contributed by atoms with Gasteiger partial charge in [0.05, 0.1) is 6.10 Å². The van der Waals surface area contributed by atoms with Crippen LogP contribution in [0.1, 0.15) is 35.2 Å². The van der Waals surface area contributed by atoms with Crippen molar-refractivity contribution < 1.29 is 14.3 Å². The molecule has 1 N–H and O–H groups in total. The Bertz CT molecular complexity index is 662. The third kappa shape index (κ3) is 8.77. The average molecular weight is 532 g/mol. The number of benzene rings is 1. The molecule has 1 saturated heterocycles. The number of aliphatic imine (C=N–C) groups is 1. The summed E-state index contributed by atoms with van der Waals surface area (Å²) >= 11 is 0. The molecule has 1 aromatic rings. The lowest BCUT2D eigenvalue weighted by molar-refractivity contribution is 0.00991. The quantitative estimate of drug-likeness (QED) is 0.229. The van der Waals surface area contributed by atoms with Gasteiger partial charge >= 0.3 is 0 Å². The second kappa shape index (κ2) is 14.6. The highest BCUT2D eigenvalue weighted by Crippen LogP contribution is 2.14. The second-order valence-corrected chi connectivity index (χ2v) is 7.53. The molecule has 1 aliphatic rings. The van der Waals surface area contributed by atoms with Gasteiger partial charge in [-0.1, -0.05) is 12.1 Å². The van der Waals surface area contributed by atoms with Crippen molar-refractivity contribution in [1.82, 2.24) is 15.1 Å². The minimum absolute atomic E-state index is 0. The summed E-state index contributed by atoms with van der Waals surface area (Å²) in [6, 6.07) is 7.83. The lowest BCUT2D eigenvalue weighted by Crippen LogP contribution is -2.47. The van der Waals surface area contributed by atoms with Crippen LogP contribution in [0.3, 0.4) is 0 Å². The molecule has 0 unspecified atom stereocenters. The Morgan fingerprint density at radius 3 is 2.63 bits per heavy atom. The molecule has 0 atom stereocenters. The first kappa shape index (κ1) is 26.6. The number of hydrogen-bond acceptors (Lipinski definition) is 4. The van der Waals surface area contributed by atoms with Crippen LogP contribution >= 0.6 is 24.0 Å². The number of nitrogens with zero attached hydrogens (tertiary/aromatic N) is 3. The van der Waals surface area contributed by atoms with Gasteiger partial charge in [0.1, 0.15) is 0 Å². The van der Waals surface area contributed by atoms with Crippen molar-refractivity contribution in [3.8, 4) is 0 Å². The Labute approximate surface area is 198 Å². The van der Waals surface area contributed by atoms with Crippen molar-refractivity contribution >= 4 is 35.8 Å². The van der Waals surface area contributed by atoms with Crippen LogP contribution in [0.2, 0.25) is 0 Å². The van der Waals surface area contributed by atoms with Gasteiger partial charge < -0.3 is 24.6 Å². The van der Waals surface area contributed by atoms with Gasteiger partial charge in [0, 0.05) is 66.7 Å². The van der Waals surface area contributed by atoms with Crippen LogP contribution in [0.25, 0.3) is 0 Å². The van der Waals surface area contributed by atoms with Crippen molar-refractivity contribution in [1.29, 1.82) is 0 Å². The first-order valence-corrected chi connectivity index (χ1v) is 10.4. The van der Waals surface area contributed by atoms with Crippen molar-refractivity contribution in [2.75, 3.05) is 61.1 Å². The molecule has 0 aliphatic carbocycles. The van der Waals surface area contributed by atoms with Gasteiger partial charge in [-0.05, 0) is 43.4 Å². The minimum Gasteiger partial charge on any atom is -0.385 e. The number of ether oxygens (including phenoxy) is 2. The van der Waals surface area contributed by atoms with Crippen LogP contribution in [-0.4, -0.2) is 88.9 Å². The maximum atomic E-state index is 12.1. The molecule has 0 bridgehead atoms. The molecular formula is C22H37IN4O3. The normalized spacial score (nSPS) is 14.9. The zero-order valence-electron chi connectivity index (χ0n) is 18.7. The largest absolute Gasteiger partial charge is 0.385 e. The number of guanidine groups is 1. The molecule has 2 rings (SSSR count). The topological polar surface area (TPSA) is 66.4 Å². The standard InChI is InChI=1S/C22H36N4O3.HI/c1-23-22(26-13-10-20(11-14-26)29-16-6-15-28-4)24-12-9-18-7-5-8-19(17-18)21(27)25(2)3;/h5,7-8,17,20H,6,9-16H2,1-4H3,(H,23,24);1H. The molecule has 30 heavy (non-hydrogen) atoms. The Kier molecular flexibility index (Phi) is 13.0. The number of hydrogen-bond donors (Lipinski definition) is 1. The van der Waals surface area contributed by atoms with Gasteiger partial charge in [-0.2, -0.15) is 0 Å². The van der Waals surface area contributed by atoms with Crippen molar-refractivity contribution in [2.45, 2.75) is 31.8 Å². The first-order chi connectivity index (χ1) is 14.0. The maximum Gasteiger partial charge on any atom is 0.253 e. The second-order valence-electron chi connectivity index (χ2n) is 7.53. The van der Waals surface area contributed by atoms with Gasteiger partial charge in [0.2, 0.25) is 0 Å². The van der Waals surface area contributed by atoms with Crippen LogP contribution in [0.5, 0.6) is 0 Å².